The highest BCUT2D eigenvalue weighted by molar-refractivity contribution is 6.44. The van der Waals surface area contributed by atoms with Crippen molar-refractivity contribution in [1.29, 1.82) is 0 Å². The number of aromatic amines is 1. The Morgan fingerprint density at radius 1 is 0.875 bits per heavy atom. The van der Waals surface area contributed by atoms with Crippen molar-refractivity contribution in [2.75, 3.05) is 26.2 Å². The number of ketones is 1. The van der Waals surface area contributed by atoms with Gasteiger partial charge in [-0.05, 0) is 24.3 Å². The number of H-pyrrole nitrogens is 1. The van der Waals surface area contributed by atoms with Gasteiger partial charge in [-0.15, -0.1) is 0 Å². The smallest absolute Gasteiger partial charge is 0.295 e. The minimum Gasteiger partial charge on any atom is -0.357 e. The van der Waals surface area contributed by atoms with Gasteiger partial charge in [0.15, 0.2) is 0 Å². The van der Waals surface area contributed by atoms with Crippen molar-refractivity contribution in [3.63, 3.8) is 0 Å². The third kappa shape index (κ3) is 3.43. The monoisotopic (exact) mass is 428 g/mol. The van der Waals surface area contributed by atoms with E-state index in [1.54, 1.807) is 52.4 Å². The molecule has 32 heavy (non-hydrogen) atoms. The number of pyridine rings is 1. The lowest BCUT2D eigenvalue weighted by molar-refractivity contribution is -0.127. The molecule has 1 saturated heterocycles. The highest BCUT2D eigenvalue weighted by atomic mass is 16.2. The van der Waals surface area contributed by atoms with E-state index in [1.807, 2.05) is 18.2 Å². The number of carbonyl (C=O) groups excluding carboxylic acids is 3. The number of rotatable bonds is 4. The Bertz CT molecular complexity index is 1290. The second-order valence-corrected chi connectivity index (χ2v) is 7.49. The summed E-state index contributed by atoms with van der Waals surface area (Å²) in [6.07, 6.45) is 6.55. The van der Waals surface area contributed by atoms with Crippen LogP contribution in [0.4, 0.5) is 0 Å². The molecule has 0 unspecified atom stereocenters. The summed E-state index contributed by atoms with van der Waals surface area (Å²) in [6, 6.07) is 12.6. The molecule has 1 fully saturated rings. The van der Waals surface area contributed by atoms with Crippen molar-refractivity contribution in [3.05, 3.63) is 78.4 Å². The van der Waals surface area contributed by atoms with Crippen LogP contribution in [0.2, 0.25) is 0 Å². The maximum atomic E-state index is 13.0. The van der Waals surface area contributed by atoms with E-state index in [0.717, 1.165) is 5.69 Å². The van der Waals surface area contributed by atoms with Gasteiger partial charge in [-0.1, -0.05) is 18.2 Å². The minimum atomic E-state index is -0.621. The van der Waals surface area contributed by atoms with Gasteiger partial charge in [-0.3, -0.25) is 19.4 Å². The van der Waals surface area contributed by atoms with Gasteiger partial charge in [0, 0.05) is 56.5 Å². The third-order valence-electron chi connectivity index (χ3n) is 5.61. The Morgan fingerprint density at radius 3 is 2.34 bits per heavy atom. The summed E-state index contributed by atoms with van der Waals surface area (Å²) in [4.78, 5) is 49.1. The van der Waals surface area contributed by atoms with E-state index in [0.29, 0.717) is 42.8 Å². The molecule has 4 aromatic rings. The lowest BCUT2D eigenvalue weighted by Crippen LogP contribution is -2.52. The normalized spacial score (nSPS) is 14.0. The summed E-state index contributed by atoms with van der Waals surface area (Å²) in [7, 11) is 0. The Balaban J connectivity index is 1.31. The molecule has 0 spiro atoms. The molecular weight excluding hydrogens is 408 g/mol. The number of benzene rings is 1. The predicted molar refractivity (Wildman–Crippen MR) is 116 cm³/mol. The fourth-order valence-electron chi connectivity index (χ4n) is 3.92. The van der Waals surface area contributed by atoms with Crippen LogP contribution in [-0.2, 0) is 4.79 Å². The minimum absolute atomic E-state index is 0.0731. The second kappa shape index (κ2) is 8.10. The van der Waals surface area contributed by atoms with Gasteiger partial charge < -0.3 is 14.8 Å². The Hall–Kier alpha value is -4.27. The lowest BCUT2D eigenvalue weighted by atomic mass is 10.1. The number of nitrogens with zero attached hydrogens (tertiary/aromatic N) is 5. The van der Waals surface area contributed by atoms with Crippen LogP contribution in [0.25, 0.3) is 16.7 Å². The van der Waals surface area contributed by atoms with Crippen molar-refractivity contribution < 1.29 is 14.4 Å². The molecule has 0 atom stereocenters. The molecule has 3 aromatic heterocycles. The highest BCUT2D eigenvalue weighted by Gasteiger charge is 2.30. The fourth-order valence-corrected chi connectivity index (χ4v) is 3.92. The maximum absolute atomic E-state index is 13.0. The van der Waals surface area contributed by atoms with Crippen LogP contribution in [0.5, 0.6) is 0 Å². The molecule has 0 aliphatic carbocycles. The Labute approximate surface area is 183 Å². The molecule has 5 rings (SSSR count). The van der Waals surface area contributed by atoms with Gasteiger partial charge in [0.2, 0.25) is 0 Å². The van der Waals surface area contributed by atoms with Gasteiger partial charge in [-0.2, -0.15) is 5.10 Å². The van der Waals surface area contributed by atoms with Crippen LogP contribution in [0.15, 0.2) is 67.3 Å². The molecule has 0 bridgehead atoms. The van der Waals surface area contributed by atoms with Gasteiger partial charge >= 0.3 is 0 Å². The van der Waals surface area contributed by atoms with Crippen LogP contribution in [-0.4, -0.2) is 73.3 Å². The number of nitrogens with one attached hydrogen (secondary N) is 1. The molecule has 4 heterocycles. The van der Waals surface area contributed by atoms with E-state index in [2.05, 4.69) is 15.1 Å². The van der Waals surface area contributed by atoms with Crippen LogP contribution in [0, 0.1) is 0 Å². The third-order valence-corrected chi connectivity index (χ3v) is 5.61. The summed E-state index contributed by atoms with van der Waals surface area (Å²) in [6.45, 7) is 1.36. The Morgan fingerprint density at radius 2 is 1.62 bits per heavy atom. The maximum Gasteiger partial charge on any atom is 0.295 e. The molecule has 9 nitrogen and oxygen atoms in total. The van der Waals surface area contributed by atoms with Crippen LogP contribution in [0.1, 0.15) is 20.7 Å². The zero-order valence-corrected chi connectivity index (χ0v) is 17.1. The summed E-state index contributed by atoms with van der Waals surface area (Å²) in [5, 5.41) is 4.22. The second-order valence-electron chi connectivity index (χ2n) is 7.49. The number of carbonyl (C=O) groups is 3. The SMILES string of the molecule is O=C(C(=O)N1CCN(C(=O)c2ccccc2)CC1)c1c[nH]c2c(-n3cccn3)ccnc12. The van der Waals surface area contributed by atoms with Crippen molar-refractivity contribution >= 4 is 28.6 Å². The summed E-state index contributed by atoms with van der Waals surface area (Å²) in [5.74, 6) is -1.29. The molecule has 0 radical (unpaired) electrons. The molecule has 160 valence electrons. The summed E-state index contributed by atoms with van der Waals surface area (Å²) < 4.78 is 1.67. The fraction of sp³-hybridized carbons (Fsp3) is 0.174. The molecule has 1 aromatic carbocycles. The lowest BCUT2D eigenvalue weighted by Gasteiger charge is -2.34. The predicted octanol–water partition coefficient (Wildman–Crippen LogP) is 1.92. The number of hydrogen-bond donors (Lipinski definition) is 1. The van der Waals surface area contributed by atoms with Crippen molar-refractivity contribution in [2.45, 2.75) is 0 Å². The van der Waals surface area contributed by atoms with Gasteiger partial charge in [0.05, 0.1) is 16.8 Å². The molecule has 0 saturated carbocycles. The number of hydrogen-bond acceptors (Lipinski definition) is 5. The number of piperazine rings is 1. The number of Topliss-reactive ketones (excluding diaryl/α,β-unsaturated/α-hetero) is 1. The molecule has 9 heteroatoms. The molecule has 2 amide bonds. The first-order valence-corrected chi connectivity index (χ1v) is 10.3. The van der Waals surface area contributed by atoms with Crippen molar-refractivity contribution in [3.8, 4) is 5.69 Å². The molecule has 1 aliphatic heterocycles. The van der Waals surface area contributed by atoms with Crippen molar-refractivity contribution in [1.82, 2.24) is 29.5 Å². The zero-order chi connectivity index (χ0) is 22.1. The number of fused-ring (bicyclic) bond motifs is 1. The van der Waals surface area contributed by atoms with E-state index >= 15 is 0 Å². The highest BCUT2D eigenvalue weighted by Crippen LogP contribution is 2.23. The Kier molecular flexibility index (Phi) is 4.98. The van der Waals surface area contributed by atoms with E-state index in [1.165, 1.54) is 11.1 Å². The standard InChI is InChI=1S/C23H20N6O3/c30-21(17-15-25-20-18(7-9-24-19(17)20)29-10-4-8-26-29)23(32)28-13-11-27(12-14-28)22(31)16-5-2-1-3-6-16/h1-10,15,25H,11-14H2. The zero-order valence-electron chi connectivity index (χ0n) is 17.1. The van der Waals surface area contributed by atoms with Gasteiger partial charge in [-0.25, -0.2) is 4.68 Å². The average Bonchev–Trinajstić information content (AvgIpc) is 3.53. The van der Waals surface area contributed by atoms with Crippen molar-refractivity contribution in [2.24, 2.45) is 0 Å². The quantitative estimate of drug-likeness (QED) is 0.395. The van der Waals surface area contributed by atoms with Gasteiger partial charge in [0.25, 0.3) is 17.6 Å². The summed E-state index contributed by atoms with van der Waals surface area (Å²) in [5.41, 5.74) is 2.63. The van der Waals surface area contributed by atoms with Crippen LogP contribution >= 0.6 is 0 Å². The molecule has 1 N–H and O–H groups in total. The topological polar surface area (TPSA) is 104 Å². The van der Waals surface area contributed by atoms with E-state index in [9.17, 15) is 14.4 Å². The van der Waals surface area contributed by atoms with Crippen LogP contribution in [0.3, 0.4) is 0 Å². The van der Waals surface area contributed by atoms with E-state index in [-0.39, 0.29) is 11.5 Å². The molecule has 1 aliphatic rings. The largest absolute Gasteiger partial charge is 0.357 e. The van der Waals surface area contributed by atoms with Crippen LogP contribution < -0.4 is 0 Å². The van der Waals surface area contributed by atoms with E-state index < -0.39 is 11.7 Å². The number of amides is 2. The van der Waals surface area contributed by atoms with E-state index in [4.69, 9.17) is 0 Å². The first-order valence-electron chi connectivity index (χ1n) is 10.3. The van der Waals surface area contributed by atoms with Gasteiger partial charge in [0.1, 0.15) is 5.52 Å². The molecular formula is C23H20N6O3. The number of aromatic nitrogens is 4. The first kappa shape index (κ1) is 19.7. The first-order chi connectivity index (χ1) is 15.6. The summed E-state index contributed by atoms with van der Waals surface area (Å²) >= 11 is 0. The average molecular weight is 428 g/mol.